The maximum atomic E-state index is 11.9. The Bertz CT molecular complexity index is 528. The van der Waals surface area contributed by atoms with Gasteiger partial charge in [-0.3, -0.25) is 4.68 Å². The predicted octanol–water partition coefficient (Wildman–Crippen LogP) is 1.11. The Kier molecular flexibility index (Phi) is 6.62. The van der Waals surface area contributed by atoms with Crippen molar-refractivity contribution in [1.29, 1.82) is 0 Å². The lowest BCUT2D eigenvalue weighted by molar-refractivity contribution is -0.135. The Morgan fingerprint density at radius 1 is 1.29 bits per heavy atom. The van der Waals surface area contributed by atoms with E-state index >= 15 is 0 Å². The van der Waals surface area contributed by atoms with Crippen molar-refractivity contribution in [2.45, 2.75) is 36.9 Å². The summed E-state index contributed by atoms with van der Waals surface area (Å²) < 4.78 is 63.3. The van der Waals surface area contributed by atoms with Gasteiger partial charge in [-0.2, -0.15) is 18.3 Å². The molecule has 0 aliphatic carbocycles. The number of sulfonamides is 1. The van der Waals surface area contributed by atoms with Crippen LogP contribution in [-0.4, -0.2) is 44.5 Å². The second kappa shape index (κ2) is 7.76. The molecule has 122 valence electrons. The third-order valence-corrected chi connectivity index (χ3v) is 4.11. The summed E-state index contributed by atoms with van der Waals surface area (Å²) >= 11 is 0. The summed E-state index contributed by atoms with van der Waals surface area (Å²) in [5.74, 6) is 0. The number of alkyl halides is 3. The van der Waals surface area contributed by atoms with Gasteiger partial charge in [-0.05, 0) is 19.9 Å². The van der Waals surface area contributed by atoms with Gasteiger partial charge in [0.05, 0.1) is 12.7 Å². The molecule has 0 saturated carbocycles. The van der Waals surface area contributed by atoms with Crippen LogP contribution in [0.5, 0.6) is 0 Å². The van der Waals surface area contributed by atoms with E-state index < -0.39 is 22.6 Å². The Labute approximate surface area is 121 Å². The van der Waals surface area contributed by atoms with Crippen LogP contribution in [0.4, 0.5) is 13.2 Å². The minimum Gasteiger partial charge on any atom is -0.318 e. The highest BCUT2D eigenvalue weighted by atomic mass is 32.2. The molecule has 6 nitrogen and oxygen atoms in total. The fraction of sp³-hybridized carbons (Fsp3) is 0.727. The van der Waals surface area contributed by atoms with Crippen molar-refractivity contribution in [1.82, 2.24) is 19.8 Å². The largest absolute Gasteiger partial charge is 0.389 e. The van der Waals surface area contributed by atoms with Crippen LogP contribution >= 0.6 is 0 Å². The average Bonchev–Trinajstić information content (AvgIpc) is 2.84. The van der Waals surface area contributed by atoms with Gasteiger partial charge < -0.3 is 5.32 Å². The SMILES string of the molecule is CNCCn1cc(S(=O)(=O)NCCCCC(F)(F)F)cn1. The Hall–Kier alpha value is -1.13. The summed E-state index contributed by atoms with van der Waals surface area (Å²) in [6.45, 7) is 1.14. The van der Waals surface area contributed by atoms with Gasteiger partial charge in [-0.1, -0.05) is 0 Å². The normalized spacial score (nSPS) is 12.8. The number of nitrogens with one attached hydrogen (secondary N) is 2. The average molecular weight is 328 g/mol. The van der Waals surface area contributed by atoms with Crippen LogP contribution < -0.4 is 10.0 Å². The summed E-state index contributed by atoms with van der Waals surface area (Å²) in [4.78, 5) is 0.00873. The van der Waals surface area contributed by atoms with Gasteiger partial charge >= 0.3 is 6.18 Å². The zero-order chi connectivity index (χ0) is 15.9. The van der Waals surface area contributed by atoms with E-state index in [9.17, 15) is 21.6 Å². The number of hydrogen-bond acceptors (Lipinski definition) is 4. The van der Waals surface area contributed by atoms with E-state index in [0.717, 1.165) is 0 Å². The monoisotopic (exact) mass is 328 g/mol. The maximum absolute atomic E-state index is 11.9. The first-order valence-electron chi connectivity index (χ1n) is 6.48. The van der Waals surface area contributed by atoms with E-state index in [4.69, 9.17) is 0 Å². The van der Waals surface area contributed by atoms with Crippen molar-refractivity contribution in [2.24, 2.45) is 0 Å². The Balaban J connectivity index is 2.41. The first kappa shape index (κ1) is 17.9. The molecule has 0 aliphatic heterocycles. The molecule has 0 spiro atoms. The number of hydrogen-bond donors (Lipinski definition) is 2. The highest BCUT2D eigenvalue weighted by molar-refractivity contribution is 7.89. The molecule has 1 rings (SSSR count). The van der Waals surface area contributed by atoms with Crippen molar-refractivity contribution < 1.29 is 21.6 Å². The van der Waals surface area contributed by atoms with Gasteiger partial charge in [0.2, 0.25) is 10.0 Å². The van der Waals surface area contributed by atoms with Crippen molar-refractivity contribution in [3.63, 3.8) is 0 Å². The van der Waals surface area contributed by atoms with Gasteiger partial charge in [0.15, 0.2) is 0 Å². The lowest BCUT2D eigenvalue weighted by Gasteiger charge is -2.06. The number of rotatable bonds is 9. The molecule has 10 heteroatoms. The van der Waals surface area contributed by atoms with E-state index in [0.29, 0.717) is 13.1 Å². The van der Waals surface area contributed by atoms with Gasteiger partial charge in [-0.25, -0.2) is 13.1 Å². The van der Waals surface area contributed by atoms with E-state index in [2.05, 4.69) is 15.1 Å². The van der Waals surface area contributed by atoms with Crippen LogP contribution in [0.2, 0.25) is 0 Å². The van der Waals surface area contributed by atoms with Crippen molar-refractivity contribution in [3.8, 4) is 0 Å². The highest BCUT2D eigenvalue weighted by Crippen LogP contribution is 2.21. The Morgan fingerprint density at radius 2 is 2.00 bits per heavy atom. The van der Waals surface area contributed by atoms with Crippen molar-refractivity contribution in [2.75, 3.05) is 20.1 Å². The molecular formula is C11H19F3N4O2S. The zero-order valence-corrected chi connectivity index (χ0v) is 12.5. The van der Waals surface area contributed by atoms with E-state index in [1.54, 1.807) is 7.05 Å². The van der Waals surface area contributed by atoms with Crippen LogP contribution in [0.15, 0.2) is 17.3 Å². The number of unbranched alkanes of at least 4 members (excludes halogenated alkanes) is 1. The van der Waals surface area contributed by atoms with Gasteiger partial charge in [0.25, 0.3) is 0 Å². The van der Waals surface area contributed by atoms with Crippen LogP contribution in [0.3, 0.4) is 0 Å². The molecule has 0 amide bonds. The summed E-state index contributed by atoms with van der Waals surface area (Å²) in [5, 5.41) is 6.81. The molecule has 1 aromatic heterocycles. The number of nitrogens with zero attached hydrogens (tertiary/aromatic N) is 2. The van der Waals surface area contributed by atoms with E-state index in [1.807, 2.05) is 0 Å². The van der Waals surface area contributed by atoms with Crippen LogP contribution in [0.25, 0.3) is 0 Å². The fourth-order valence-corrected chi connectivity index (χ4v) is 2.60. The summed E-state index contributed by atoms with van der Waals surface area (Å²) in [6.07, 6.45) is -2.48. The zero-order valence-electron chi connectivity index (χ0n) is 11.7. The van der Waals surface area contributed by atoms with Crippen LogP contribution in [0, 0.1) is 0 Å². The summed E-state index contributed by atoms with van der Waals surface area (Å²) in [6, 6.07) is 0. The molecule has 1 aromatic rings. The number of aromatic nitrogens is 2. The van der Waals surface area contributed by atoms with Gasteiger partial charge in [-0.15, -0.1) is 0 Å². The first-order valence-corrected chi connectivity index (χ1v) is 7.96. The fourth-order valence-electron chi connectivity index (χ4n) is 1.57. The predicted molar refractivity (Wildman–Crippen MR) is 71.2 cm³/mol. The summed E-state index contributed by atoms with van der Waals surface area (Å²) in [7, 11) is -1.95. The number of likely N-dealkylation sites (N-methyl/N-ethyl adjacent to an activating group) is 1. The topological polar surface area (TPSA) is 76.0 Å². The third kappa shape index (κ3) is 6.91. The minimum atomic E-state index is -4.20. The molecule has 0 bridgehead atoms. The van der Waals surface area contributed by atoms with Gasteiger partial charge in [0, 0.05) is 25.7 Å². The molecule has 0 atom stereocenters. The van der Waals surface area contributed by atoms with Crippen LogP contribution in [0.1, 0.15) is 19.3 Å². The molecule has 0 aliphatic rings. The van der Waals surface area contributed by atoms with E-state index in [-0.39, 0.29) is 24.3 Å². The maximum Gasteiger partial charge on any atom is 0.389 e. The van der Waals surface area contributed by atoms with Gasteiger partial charge in [0.1, 0.15) is 4.90 Å². The van der Waals surface area contributed by atoms with Crippen LogP contribution in [-0.2, 0) is 16.6 Å². The lowest BCUT2D eigenvalue weighted by atomic mass is 10.2. The molecule has 0 unspecified atom stereocenters. The summed E-state index contributed by atoms with van der Waals surface area (Å²) in [5.41, 5.74) is 0. The smallest absolute Gasteiger partial charge is 0.318 e. The number of halogens is 3. The highest BCUT2D eigenvalue weighted by Gasteiger charge is 2.26. The molecule has 0 saturated heterocycles. The lowest BCUT2D eigenvalue weighted by Crippen LogP contribution is -2.24. The standard InChI is InChI=1S/C11H19F3N4O2S/c1-15-6-7-18-9-10(8-16-18)21(19,20)17-5-3-2-4-11(12,13)14/h8-9,15,17H,2-7H2,1H3. The second-order valence-electron chi connectivity index (χ2n) is 4.51. The third-order valence-electron chi connectivity index (χ3n) is 2.69. The van der Waals surface area contributed by atoms with E-state index in [1.165, 1.54) is 17.1 Å². The first-order chi connectivity index (χ1) is 9.74. The molecule has 0 fully saturated rings. The molecular weight excluding hydrogens is 309 g/mol. The quantitative estimate of drug-likeness (QED) is 0.666. The van der Waals surface area contributed by atoms with Crippen molar-refractivity contribution >= 4 is 10.0 Å². The molecule has 0 aromatic carbocycles. The minimum absolute atomic E-state index is 0.00873. The molecule has 1 heterocycles. The molecule has 0 radical (unpaired) electrons. The second-order valence-corrected chi connectivity index (χ2v) is 6.28. The molecule has 21 heavy (non-hydrogen) atoms. The Morgan fingerprint density at radius 3 is 2.62 bits per heavy atom. The molecule has 2 N–H and O–H groups in total. The van der Waals surface area contributed by atoms with Crippen molar-refractivity contribution in [3.05, 3.63) is 12.4 Å².